The van der Waals surface area contributed by atoms with Crippen molar-refractivity contribution in [1.82, 2.24) is 10.2 Å². The standard InChI is InChI=1S/C16H30N2O2/c1-4-20-16(19)15-8-7-14(10-12(15)2)18-9-5-6-13(11-18)17-3/h12-15,17H,4-11H2,1-3H3/t12-,13-,14+,15-/m1/s1. The van der Waals surface area contributed by atoms with Crippen LogP contribution in [0.15, 0.2) is 0 Å². The molecular weight excluding hydrogens is 252 g/mol. The van der Waals surface area contributed by atoms with Gasteiger partial charge in [0.1, 0.15) is 0 Å². The summed E-state index contributed by atoms with van der Waals surface area (Å²) in [5.41, 5.74) is 0. The number of esters is 1. The summed E-state index contributed by atoms with van der Waals surface area (Å²) in [4.78, 5) is 14.6. The fourth-order valence-electron chi connectivity index (χ4n) is 3.87. The van der Waals surface area contributed by atoms with E-state index in [9.17, 15) is 4.79 Å². The molecule has 0 spiro atoms. The van der Waals surface area contributed by atoms with Gasteiger partial charge in [0, 0.05) is 18.6 Å². The van der Waals surface area contributed by atoms with Crippen LogP contribution in [0.25, 0.3) is 0 Å². The number of hydrogen-bond acceptors (Lipinski definition) is 4. The van der Waals surface area contributed by atoms with Gasteiger partial charge < -0.3 is 10.1 Å². The molecule has 0 aromatic rings. The van der Waals surface area contributed by atoms with Crippen LogP contribution in [0.5, 0.6) is 0 Å². The zero-order valence-electron chi connectivity index (χ0n) is 13.2. The molecule has 2 rings (SSSR count). The van der Waals surface area contributed by atoms with Gasteiger partial charge in [0.05, 0.1) is 12.5 Å². The number of likely N-dealkylation sites (tertiary alicyclic amines) is 1. The van der Waals surface area contributed by atoms with Gasteiger partial charge in [-0.2, -0.15) is 0 Å². The molecule has 1 heterocycles. The molecule has 0 aromatic carbocycles. The zero-order chi connectivity index (χ0) is 14.5. The molecular formula is C16H30N2O2. The number of nitrogens with zero attached hydrogens (tertiary/aromatic N) is 1. The fourth-order valence-corrected chi connectivity index (χ4v) is 3.87. The van der Waals surface area contributed by atoms with Crippen molar-refractivity contribution in [2.24, 2.45) is 11.8 Å². The van der Waals surface area contributed by atoms with E-state index in [1.54, 1.807) is 0 Å². The van der Waals surface area contributed by atoms with Crippen LogP contribution >= 0.6 is 0 Å². The molecule has 20 heavy (non-hydrogen) atoms. The van der Waals surface area contributed by atoms with Gasteiger partial charge >= 0.3 is 5.97 Å². The molecule has 1 saturated heterocycles. The minimum atomic E-state index is 0.0187. The number of hydrogen-bond donors (Lipinski definition) is 1. The largest absolute Gasteiger partial charge is 0.466 e. The minimum absolute atomic E-state index is 0.0187. The summed E-state index contributed by atoms with van der Waals surface area (Å²) in [5.74, 6) is 0.587. The third-order valence-electron chi connectivity index (χ3n) is 5.11. The summed E-state index contributed by atoms with van der Waals surface area (Å²) >= 11 is 0. The highest BCUT2D eigenvalue weighted by Gasteiger charge is 2.36. The number of ether oxygens (including phenoxy) is 1. The molecule has 0 amide bonds. The topological polar surface area (TPSA) is 41.6 Å². The molecule has 0 bridgehead atoms. The van der Waals surface area contributed by atoms with Gasteiger partial charge in [0.25, 0.3) is 0 Å². The number of carbonyl (C=O) groups excluding carboxylic acids is 1. The van der Waals surface area contributed by atoms with Crippen LogP contribution in [0.2, 0.25) is 0 Å². The second-order valence-corrected chi connectivity index (χ2v) is 6.43. The van der Waals surface area contributed by atoms with E-state index in [1.165, 1.54) is 19.4 Å². The van der Waals surface area contributed by atoms with Gasteiger partial charge in [0.15, 0.2) is 0 Å². The van der Waals surface area contributed by atoms with Gasteiger partial charge in [-0.25, -0.2) is 0 Å². The summed E-state index contributed by atoms with van der Waals surface area (Å²) in [7, 11) is 2.06. The Kier molecular flexibility index (Phi) is 5.85. The molecule has 0 radical (unpaired) electrons. The summed E-state index contributed by atoms with van der Waals surface area (Å²) in [6.07, 6.45) is 5.86. The van der Waals surface area contributed by atoms with Crippen molar-refractivity contribution in [3.63, 3.8) is 0 Å². The molecule has 0 aromatic heterocycles. The average molecular weight is 282 g/mol. The summed E-state index contributed by atoms with van der Waals surface area (Å²) in [5, 5.41) is 3.41. The molecule has 116 valence electrons. The van der Waals surface area contributed by atoms with E-state index in [-0.39, 0.29) is 11.9 Å². The van der Waals surface area contributed by atoms with E-state index in [4.69, 9.17) is 4.74 Å². The fraction of sp³-hybridized carbons (Fsp3) is 0.938. The number of rotatable bonds is 4. The van der Waals surface area contributed by atoms with E-state index in [2.05, 4.69) is 24.2 Å². The number of nitrogens with one attached hydrogen (secondary N) is 1. The van der Waals surface area contributed by atoms with Crippen molar-refractivity contribution in [2.75, 3.05) is 26.7 Å². The molecule has 4 nitrogen and oxygen atoms in total. The van der Waals surface area contributed by atoms with Crippen molar-refractivity contribution >= 4 is 5.97 Å². The second kappa shape index (κ2) is 7.41. The van der Waals surface area contributed by atoms with Gasteiger partial charge in [-0.3, -0.25) is 9.69 Å². The normalized spacial score (nSPS) is 35.8. The van der Waals surface area contributed by atoms with Gasteiger partial charge in [-0.05, 0) is 58.5 Å². The lowest BCUT2D eigenvalue weighted by molar-refractivity contribution is -0.151. The van der Waals surface area contributed by atoms with E-state index < -0.39 is 0 Å². The Morgan fingerprint density at radius 2 is 2.15 bits per heavy atom. The third kappa shape index (κ3) is 3.73. The van der Waals surface area contributed by atoms with Crippen LogP contribution in [0.1, 0.15) is 46.0 Å². The lowest BCUT2D eigenvalue weighted by atomic mass is 9.77. The molecule has 4 atom stereocenters. The first kappa shape index (κ1) is 15.8. The molecule has 1 saturated carbocycles. The second-order valence-electron chi connectivity index (χ2n) is 6.43. The predicted molar refractivity (Wildman–Crippen MR) is 80.6 cm³/mol. The predicted octanol–water partition coefficient (Wildman–Crippen LogP) is 2.04. The highest BCUT2D eigenvalue weighted by atomic mass is 16.5. The van der Waals surface area contributed by atoms with Crippen molar-refractivity contribution in [3.8, 4) is 0 Å². The molecule has 2 fully saturated rings. The maximum atomic E-state index is 11.9. The van der Waals surface area contributed by atoms with E-state index in [1.807, 2.05) is 6.92 Å². The molecule has 0 unspecified atom stereocenters. The van der Waals surface area contributed by atoms with Crippen LogP contribution in [-0.4, -0.2) is 49.7 Å². The Balaban J connectivity index is 1.86. The minimum Gasteiger partial charge on any atom is -0.466 e. The van der Waals surface area contributed by atoms with E-state index >= 15 is 0 Å². The summed E-state index contributed by atoms with van der Waals surface area (Å²) in [6.45, 7) is 6.99. The Hall–Kier alpha value is -0.610. The van der Waals surface area contributed by atoms with Crippen molar-refractivity contribution in [1.29, 1.82) is 0 Å². The van der Waals surface area contributed by atoms with Gasteiger partial charge in [0.2, 0.25) is 0 Å². The molecule has 1 N–H and O–H groups in total. The van der Waals surface area contributed by atoms with Crippen LogP contribution in [0, 0.1) is 11.8 Å². The van der Waals surface area contributed by atoms with Gasteiger partial charge in [-0.1, -0.05) is 6.92 Å². The highest BCUT2D eigenvalue weighted by Crippen LogP contribution is 2.34. The molecule has 4 heteroatoms. The maximum absolute atomic E-state index is 11.9. The molecule has 1 aliphatic carbocycles. The van der Waals surface area contributed by atoms with Crippen molar-refractivity contribution in [2.45, 2.75) is 58.0 Å². The first-order valence-electron chi connectivity index (χ1n) is 8.23. The van der Waals surface area contributed by atoms with Crippen molar-refractivity contribution in [3.05, 3.63) is 0 Å². The Bertz CT molecular complexity index is 322. The lowest BCUT2D eigenvalue weighted by Crippen LogP contribution is -2.51. The lowest BCUT2D eigenvalue weighted by Gasteiger charge is -2.43. The van der Waals surface area contributed by atoms with E-state index in [0.29, 0.717) is 24.6 Å². The highest BCUT2D eigenvalue weighted by molar-refractivity contribution is 5.72. The van der Waals surface area contributed by atoms with Crippen LogP contribution < -0.4 is 5.32 Å². The van der Waals surface area contributed by atoms with Gasteiger partial charge in [-0.15, -0.1) is 0 Å². The SMILES string of the molecule is CCOC(=O)[C@@H]1CC[C@H](N2CCC[C@@H](NC)C2)C[C@H]1C. The number of likely N-dealkylation sites (N-methyl/N-ethyl adjacent to an activating group) is 1. The number of piperidine rings is 1. The first-order chi connectivity index (χ1) is 9.65. The molecule has 2 aliphatic rings. The average Bonchev–Trinajstić information content (AvgIpc) is 2.47. The Morgan fingerprint density at radius 3 is 2.80 bits per heavy atom. The maximum Gasteiger partial charge on any atom is 0.309 e. The monoisotopic (exact) mass is 282 g/mol. The summed E-state index contributed by atoms with van der Waals surface area (Å²) < 4.78 is 5.20. The zero-order valence-corrected chi connectivity index (χ0v) is 13.2. The third-order valence-corrected chi connectivity index (χ3v) is 5.11. The van der Waals surface area contributed by atoms with Crippen molar-refractivity contribution < 1.29 is 9.53 Å². The quantitative estimate of drug-likeness (QED) is 0.801. The Morgan fingerprint density at radius 1 is 1.35 bits per heavy atom. The van der Waals surface area contributed by atoms with Crippen LogP contribution in [0.4, 0.5) is 0 Å². The van der Waals surface area contributed by atoms with Crippen LogP contribution in [0.3, 0.4) is 0 Å². The van der Waals surface area contributed by atoms with E-state index in [0.717, 1.165) is 25.8 Å². The Labute approximate surface area is 123 Å². The van der Waals surface area contributed by atoms with Crippen LogP contribution in [-0.2, 0) is 9.53 Å². The summed E-state index contributed by atoms with van der Waals surface area (Å²) in [6, 6.07) is 1.30. The molecule has 1 aliphatic heterocycles. The smallest absolute Gasteiger partial charge is 0.309 e. The number of carbonyl (C=O) groups is 1. The first-order valence-corrected chi connectivity index (χ1v) is 8.23.